The van der Waals surface area contributed by atoms with Crippen LogP contribution in [0.3, 0.4) is 0 Å². The van der Waals surface area contributed by atoms with Crippen molar-refractivity contribution in [2.24, 2.45) is 5.73 Å². The summed E-state index contributed by atoms with van der Waals surface area (Å²) in [6, 6.07) is 10.1. The maximum atomic E-state index is 11.4. The largest absolute Gasteiger partial charge is 0.383 e. The van der Waals surface area contributed by atoms with Crippen LogP contribution in [0.5, 0.6) is 0 Å². The van der Waals surface area contributed by atoms with Crippen LogP contribution >= 0.6 is 0 Å². The van der Waals surface area contributed by atoms with E-state index in [4.69, 9.17) is 5.73 Å². The number of benzene rings is 2. The van der Waals surface area contributed by atoms with E-state index in [1.807, 2.05) is 6.07 Å². The third-order valence-electron chi connectivity index (χ3n) is 2.60. The van der Waals surface area contributed by atoms with E-state index in [-0.39, 0.29) is 34.5 Å². The predicted octanol–water partition coefficient (Wildman–Crippen LogP) is 1.08. The second kappa shape index (κ2) is 6.69. The van der Waals surface area contributed by atoms with E-state index < -0.39 is 10.1 Å². The Bertz CT molecular complexity index is 668. The summed E-state index contributed by atoms with van der Waals surface area (Å²) in [6.07, 6.45) is 0. The van der Waals surface area contributed by atoms with Gasteiger partial charge in [-0.05, 0) is 17.5 Å². The summed E-state index contributed by atoms with van der Waals surface area (Å²) >= 11 is 0. The molecule has 0 saturated carbocycles. The van der Waals surface area contributed by atoms with E-state index in [1.54, 1.807) is 24.3 Å². The molecule has 0 unspecified atom stereocenters. The first-order valence-corrected chi connectivity index (χ1v) is 6.91. The maximum absolute atomic E-state index is 11.4. The zero-order chi connectivity index (χ0) is 13.2. The van der Waals surface area contributed by atoms with Crippen molar-refractivity contribution < 1.29 is 13.0 Å². The van der Waals surface area contributed by atoms with Gasteiger partial charge in [-0.15, -0.1) is 0 Å². The number of nitrogens with two attached hydrogens (primary N) is 1. The molecule has 0 aliphatic rings. The van der Waals surface area contributed by atoms with E-state index in [2.05, 4.69) is 5.32 Å². The van der Waals surface area contributed by atoms with E-state index in [9.17, 15) is 13.0 Å². The topological polar surface area (TPSA) is 92.4 Å². The van der Waals surface area contributed by atoms with Gasteiger partial charge in [-0.3, -0.25) is 4.55 Å². The Labute approximate surface area is 134 Å². The van der Waals surface area contributed by atoms with Gasteiger partial charge in [-0.1, -0.05) is 24.3 Å². The molecule has 0 heterocycles. The summed E-state index contributed by atoms with van der Waals surface area (Å²) in [5, 5.41) is 4.27. The quantitative estimate of drug-likeness (QED) is 0.578. The Morgan fingerprint density at radius 2 is 1.79 bits per heavy atom. The number of nitrogens with one attached hydrogen (secondary N) is 1. The second-order valence-electron chi connectivity index (χ2n) is 3.85. The molecular formula is C12H14N2NaO3S. The summed E-state index contributed by atoms with van der Waals surface area (Å²) in [4.78, 5) is -0.0971. The van der Waals surface area contributed by atoms with Crippen molar-refractivity contribution >= 4 is 56.1 Å². The number of anilines is 1. The fourth-order valence-electron chi connectivity index (χ4n) is 1.88. The molecule has 2 aromatic rings. The molecule has 0 bridgehead atoms. The van der Waals surface area contributed by atoms with Gasteiger partial charge in [0.1, 0.15) is 4.90 Å². The van der Waals surface area contributed by atoms with Crippen LogP contribution in [0.2, 0.25) is 0 Å². The molecule has 7 heteroatoms. The molecule has 0 aromatic heterocycles. The summed E-state index contributed by atoms with van der Waals surface area (Å²) in [5.74, 6) is 0. The van der Waals surface area contributed by atoms with Gasteiger partial charge in [0.25, 0.3) is 10.1 Å². The zero-order valence-electron chi connectivity index (χ0n) is 10.6. The molecule has 0 saturated heterocycles. The average molecular weight is 289 g/mol. The summed E-state index contributed by atoms with van der Waals surface area (Å²) in [5.41, 5.74) is 6.06. The molecule has 1 radical (unpaired) electrons. The molecule has 2 rings (SSSR count). The Balaban J connectivity index is 0.00000180. The molecule has 0 amide bonds. The van der Waals surface area contributed by atoms with Crippen molar-refractivity contribution in [3.63, 3.8) is 0 Å². The Morgan fingerprint density at radius 3 is 2.37 bits per heavy atom. The van der Waals surface area contributed by atoms with Gasteiger partial charge in [0.05, 0.1) is 0 Å². The Morgan fingerprint density at radius 1 is 1.16 bits per heavy atom. The van der Waals surface area contributed by atoms with Crippen molar-refractivity contribution in [1.82, 2.24) is 0 Å². The number of rotatable bonds is 4. The van der Waals surface area contributed by atoms with Crippen molar-refractivity contribution in [3.8, 4) is 0 Å². The Kier molecular flexibility index (Phi) is 5.79. The molecule has 19 heavy (non-hydrogen) atoms. The number of hydrogen-bond donors (Lipinski definition) is 3. The van der Waals surface area contributed by atoms with Gasteiger partial charge in [0, 0.05) is 53.7 Å². The Hall–Kier alpha value is -0.630. The standard InChI is InChI=1S/C12H14N2O3S.Na/c13-7-8-14-10-5-1-3-9-4-2-6-11(12(9)10)18(15,16)17;/h1-6,14H,7-8,13H2,(H,15,16,17);. The van der Waals surface area contributed by atoms with Gasteiger partial charge < -0.3 is 11.1 Å². The molecule has 4 N–H and O–H groups in total. The monoisotopic (exact) mass is 289 g/mol. The van der Waals surface area contributed by atoms with Crippen LogP contribution in [0.1, 0.15) is 0 Å². The van der Waals surface area contributed by atoms with Gasteiger partial charge in [-0.25, -0.2) is 0 Å². The normalized spacial score (nSPS) is 11.1. The average Bonchev–Trinajstić information content (AvgIpc) is 2.34. The van der Waals surface area contributed by atoms with Crippen LogP contribution in [-0.4, -0.2) is 55.6 Å². The van der Waals surface area contributed by atoms with Crippen LogP contribution < -0.4 is 11.1 Å². The molecule has 5 nitrogen and oxygen atoms in total. The van der Waals surface area contributed by atoms with E-state index in [0.717, 1.165) is 5.39 Å². The molecule has 0 aliphatic heterocycles. The minimum atomic E-state index is -4.25. The SMILES string of the molecule is NCCNc1cccc2cccc(S(=O)(=O)O)c12.[Na]. The summed E-state index contributed by atoms with van der Waals surface area (Å²) in [7, 11) is -4.25. The van der Waals surface area contributed by atoms with Gasteiger partial charge in [0.2, 0.25) is 0 Å². The molecule has 0 aliphatic carbocycles. The first-order valence-electron chi connectivity index (χ1n) is 5.47. The first kappa shape index (κ1) is 16.4. The van der Waals surface area contributed by atoms with Crippen molar-refractivity contribution in [1.29, 1.82) is 0 Å². The molecule has 97 valence electrons. The summed E-state index contributed by atoms with van der Waals surface area (Å²) < 4.78 is 32.0. The summed E-state index contributed by atoms with van der Waals surface area (Å²) in [6.45, 7) is 0.962. The number of fused-ring (bicyclic) bond motifs is 1. The van der Waals surface area contributed by atoms with Crippen LogP contribution in [-0.2, 0) is 10.1 Å². The van der Waals surface area contributed by atoms with Gasteiger partial charge in [0.15, 0.2) is 0 Å². The fourth-order valence-corrected chi connectivity index (χ4v) is 2.61. The van der Waals surface area contributed by atoms with Crippen molar-refractivity contribution in [3.05, 3.63) is 36.4 Å². The molecule has 0 fully saturated rings. The van der Waals surface area contributed by atoms with E-state index in [0.29, 0.717) is 24.2 Å². The van der Waals surface area contributed by atoms with Crippen molar-refractivity contribution in [2.45, 2.75) is 4.90 Å². The third kappa shape index (κ3) is 3.68. The minimum Gasteiger partial charge on any atom is -0.383 e. The molecule has 0 spiro atoms. The van der Waals surface area contributed by atoms with Crippen LogP contribution in [0, 0.1) is 0 Å². The molecule has 0 atom stereocenters. The first-order chi connectivity index (χ1) is 8.54. The minimum absolute atomic E-state index is 0. The van der Waals surface area contributed by atoms with Crippen LogP contribution in [0.4, 0.5) is 5.69 Å². The number of hydrogen-bond acceptors (Lipinski definition) is 4. The van der Waals surface area contributed by atoms with E-state index in [1.165, 1.54) is 6.07 Å². The second-order valence-corrected chi connectivity index (χ2v) is 5.24. The molecule has 2 aromatic carbocycles. The van der Waals surface area contributed by atoms with Gasteiger partial charge in [-0.2, -0.15) is 8.42 Å². The smallest absolute Gasteiger partial charge is 0.295 e. The third-order valence-corrected chi connectivity index (χ3v) is 3.50. The van der Waals surface area contributed by atoms with E-state index >= 15 is 0 Å². The maximum Gasteiger partial charge on any atom is 0.295 e. The fraction of sp³-hybridized carbons (Fsp3) is 0.167. The van der Waals surface area contributed by atoms with Crippen LogP contribution in [0.15, 0.2) is 41.3 Å². The van der Waals surface area contributed by atoms with Crippen molar-refractivity contribution in [2.75, 3.05) is 18.4 Å². The van der Waals surface area contributed by atoms with Gasteiger partial charge >= 0.3 is 0 Å². The molecular weight excluding hydrogens is 275 g/mol. The van der Waals surface area contributed by atoms with Crippen LogP contribution in [0.25, 0.3) is 10.8 Å². The predicted molar refractivity (Wildman–Crippen MR) is 77.1 cm³/mol. The zero-order valence-corrected chi connectivity index (χ0v) is 13.4.